The molecule has 1 unspecified atom stereocenters. The number of Topliss-reactive ketones (excluding diaryl/α,β-unsaturated/α-hetero) is 1. The number of aliphatic hydroxyl groups is 1. The summed E-state index contributed by atoms with van der Waals surface area (Å²) in [5, 5.41) is 9.72. The maximum absolute atomic E-state index is 11.0. The van der Waals surface area contributed by atoms with Gasteiger partial charge in [0.1, 0.15) is 11.9 Å². The van der Waals surface area contributed by atoms with Crippen LogP contribution in [0.25, 0.3) is 0 Å². The highest BCUT2D eigenvalue weighted by atomic mass is 16.6. The third-order valence-corrected chi connectivity index (χ3v) is 3.01. The Bertz CT molecular complexity index is 331. The SMILES string of the molecule is CC(=O)CC=C1[C@H](O)CC2OC(=O)C[C@H]12. The molecule has 0 radical (unpaired) electrons. The van der Waals surface area contributed by atoms with Crippen molar-refractivity contribution in [2.45, 2.75) is 38.4 Å². The van der Waals surface area contributed by atoms with Gasteiger partial charge in [0.15, 0.2) is 0 Å². The normalized spacial score (nSPS) is 36.8. The second-order valence-electron chi connectivity index (χ2n) is 4.20. The molecule has 82 valence electrons. The standard InChI is InChI=1S/C11H14O4/c1-6(12)2-3-7-8-4-11(14)15-10(8)5-9(7)13/h3,8-10,13H,2,4-5H2,1H3/t8-,9-,10?/m1/s1. The first-order valence-electron chi connectivity index (χ1n) is 5.15. The highest BCUT2D eigenvalue weighted by Crippen LogP contribution is 2.40. The predicted octanol–water partition coefficient (Wildman–Crippen LogP) is 0.588. The minimum absolute atomic E-state index is 0.00755. The highest BCUT2D eigenvalue weighted by Gasteiger charge is 2.45. The van der Waals surface area contributed by atoms with Crippen molar-refractivity contribution in [1.29, 1.82) is 0 Å². The minimum Gasteiger partial charge on any atom is -0.462 e. The number of ether oxygens (including phenoxy) is 1. The second kappa shape index (κ2) is 3.77. The summed E-state index contributed by atoms with van der Waals surface area (Å²) >= 11 is 0. The number of carbonyl (C=O) groups is 2. The van der Waals surface area contributed by atoms with Crippen LogP contribution in [-0.2, 0) is 14.3 Å². The number of fused-ring (bicyclic) bond motifs is 1. The summed E-state index contributed by atoms with van der Waals surface area (Å²) in [6.45, 7) is 1.51. The van der Waals surface area contributed by atoms with Crippen molar-refractivity contribution in [3.05, 3.63) is 11.6 Å². The molecule has 1 aliphatic heterocycles. The molecule has 0 spiro atoms. The molecule has 4 heteroatoms. The lowest BCUT2D eigenvalue weighted by molar-refractivity contribution is -0.141. The van der Waals surface area contributed by atoms with E-state index in [1.165, 1.54) is 6.92 Å². The maximum Gasteiger partial charge on any atom is 0.306 e. The van der Waals surface area contributed by atoms with Gasteiger partial charge in [-0.05, 0) is 12.5 Å². The fourth-order valence-electron chi connectivity index (χ4n) is 2.31. The molecule has 0 aromatic rings. The van der Waals surface area contributed by atoms with Gasteiger partial charge in [0.2, 0.25) is 0 Å². The maximum atomic E-state index is 11.0. The number of carbonyl (C=O) groups excluding carboxylic acids is 2. The molecule has 4 nitrogen and oxygen atoms in total. The number of esters is 1. The Morgan fingerprint density at radius 3 is 3.07 bits per heavy atom. The van der Waals surface area contributed by atoms with Crippen LogP contribution in [0.3, 0.4) is 0 Å². The molecular weight excluding hydrogens is 196 g/mol. The van der Waals surface area contributed by atoms with Gasteiger partial charge in [-0.25, -0.2) is 0 Å². The van der Waals surface area contributed by atoms with Gasteiger partial charge in [0.25, 0.3) is 0 Å². The van der Waals surface area contributed by atoms with Crippen molar-refractivity contribution in [2.24, 2.45) is 5.92 Å². The average Bonchev–Trinajstić information content (AvgIpc) is 2.57. The van der Waals surface area contributed by atoms with Crippen LogP contribution in [0.5, 0.6) is 0 Å². The number of rotatable bonds is 2. The fraction of sp³-hybridized carbons (Fsp3) is 0.636. The number of hydrogen-bond donors (Lipinski definition) is 1. The summed E-state index contributed by atoms with van der Waals surface area (Å²) in [7, 11) is 0. The first-order valence-corrected chi connectivity index (χ1v) is 5.15. The van der Waals surface area contributed by atoms with Crippen LogP contribution in [0.2, 0.25) is 0 Å². The predicted molar refractivity (Wildman–Crippen MR) is 52.0 cm³/mol. The quantitative estimate of drug-likeness (QED) is 0.535. The Morgan fingerprint density at radius 1 is 1.67 bits per heavy atom. The lowest BCUT2D eigenvalue weighted by Gasteiger charge is -2.08. The van der Waals surface area contributed by atoms with Crippen molar-refractivity contribution in [3.63, 3.8) is 0 Å². The monoisotopic (exact) mass is 210 g/mol. The zero-order valence-corrected chi connectivity index (χ0v) is 8.60. The van der Waals surface area contributed by atoms with Gasteiger partial charge in [0.05, 0.1) is 12.5 Å². The molecule has 1 saturated carbocycles. The highest BCUT2D eigenvalue weighted by molar-refractivity contribution is 5.77. The van der Waals surface area contributed by atoms with E-state index in [9.17, 15) is 14.7 Å². The molecule has 2 aliphatic rings. The first kappa shape index (κ1) is 10.4. The summed E-state index contributed by atoms with van der Waals surface area (Å²) < 4.78 is 5.07. The Morgan fingerprint density at radius 2 is 2.40 bits per heavy atom. The molecule has 1 saturated heterocycles. The summed E-state index contributed by atoms with van der Waals surface area (Å²) in [6.07, 6.45) is 2.16. The van der Waals surface area contributed by atoms with Gasteiger partial charge in [0, 0.05) is 18.8 Å². The molecule has 0 aromatic carbocycles. The summed E-state index contributed by atoms with van der Waals surface area (Å²) in [5.41, 5.74) is 0.807. The van der Waals surface area contributed by atoms with Gasteiger partial charge in [-0.2, -0.15) is 0 Å². The van der Waals surface area contributed by atoms with Gasteiger partial charge >= 0.3 is 5.97 Å². The summed E-state index contributed by atoms with van der Waals surface area (Å²) in [5.74, 6) is -0.152. The van der Waals surface area contributed by atoms with E-state index < -0.39 is 6.10 Å². The molecule has 2 rings (SSSR count). The lowest BCUT2D eigenvalue weighted by atomic mass is 9.97. The number of allylic oxidation sites excluding steroid dienone is 1. The number of ketones is 1. The number of aliphatic hydroxyl groups excluding tert-OH is 1. The van der Waals surface area contributed by atoms with Gasteiger partial charge in [-0.3, -0.25) is 9.59 Å². The molecule has 1 N–H and O–H groups in total. The van der Waals surface area contributed by atoms with E-state index in [4.69, 9.17) is 4.74 Å². The van der Waals surface area contributed by atoms with Crippen molar-refractivity contribution in [2.75, 3.05) is 0 Å². The average molecular weight is 210 g/mol. The van der Waals surface area contributed by atoms with E-state index >= 15 is 0 Å². The van der Waals surface area contributed by atoms with E-state index in [0.29, 0.717) is 19.3 Å². The zero-order valence-electron chi connectivity index (χ0n) is 8.60. The van der Waals surface area contributed by atoms with Crippen LogP contribution in [0.1, 0.15) is 26.2 Å². The van der Waals surface area contributed by atoms with E-state index in [0.717, 1.165) is 5.57 Å². The van der Waals surface area contributed by atoms with Crippen LogP contribution >= 0.6 is 0 Å². The molecule has 0 aromatic heterocycles. The smallest absolute Gasteiger partial charge is 0.306 e. The van der Waals surface area contributed by atoms with Crippen LogP contribution in [0.15, 0.2) is 11.6 Å². The third kappa shape index (κ3) is 1.95. The molecule has 1 aliphatic carbocycles. The van der Waals surface area contributed by atoms with E-state index in [1.807, 2.05) is 0 Å². The largest absolute Gasteiger partial charge is 0.462 e. The van der Waals surface area contributed by atoms with Crippen molar-refractivity contribution in [3.8, 4) is 0 Å². The second-order valence-corrected chi connectivity index (χ2v) is 4.20. The molecule has 0 bridgehead atoms. The van der Waals surface area contributed by atoms with E-state index in [1.54, 1.807) is 6.08 Å². The molecule has 2 fully saturated rings. The van der Waals surface area contributed by atoms with Gasteiger partial charge < -0.3 is 9.84 Å². The van der Waals surface area contributed by atoms with Crippen LogP contribution in [-0.4, -0.2) is 29.1 Å². The van der Waals surface area contributed by atoms with Crippen LogP contribution < -0.4 is 0 Å². The molecule has 1 heterocycles. The Balaban J connectivity index is 2.13. The minimum atomic E-state index is -0.549. The van der Waals surface area contributed by atoms with Crippen molar-refractivity contribution in [1.82, 2.24) is 0 Å². The van der Waals surface area contributed by atoms with E-state index in [2.05, 4.69) is 0 Å². The van der Waals surface area contributed by atoms with Gasteiger partial charge in [-0.1, -0.05) is 6.08 Å². The molecule has 3 atom stereocenters. The Kier molecular flexibility index (Phi) is 2.61. The first-order chi connectivity index (χ1) is 7.08. The van der Waals surface area contributed by atoms with Crippen molar-refractivity contribution < 1.29 is 19.4 Å². The Hall–Kier alpha value is -1.16. The van der Waals surface area contributed by atoms with E-state index in [-0.39, 0.29) is 23.8 Å². The summed E-state index contributed by atoms with van der Waals surface area (Å²) in [6, 6.07) is 0. The third-order valence-electron chi connectivity index (χ3n) is 3.01. The number of hydrogen-bond acceptors (Lipinski definition) is 4. The lowest BCUT2D eigenvalue weighted by Crippen LogP contribution is -2.09. The van der Waals surface area contributed by atoms with Crippen molar-refractivity contribution >= 4 is 11.8 Å². The summed E-state index contributed by atoms with van der Waals surface area (Å²) in [4.78, 5) is 21.9. The van der Waals surface area contributed by atoms with Crippen LogP contribution in [0.4, 0.5) is 0 Å². The Labute approximate surface area is 87.9 Å². The fourth-order valence-corrected chi connectivity index (χ4v) is 2.31. The topological polar surface area (TPSA) is 63.6 Å². The van der Waals surface area contributed by atoms with Gasteiger partial charge in [-0.15, -0.1) is 0 Å². The molecule has 0 amide bonds. The van der Waals surface area contributed by atoms with Crippen LogP contribution in [0, 0.1) is 5.92 Å². The molecule has 15 heavy (non-hydrogen) atoms. The molecular formula is C11H14O4. The zero-order chi connectivity index (χ0) is 11.0.